The molecule has 0 fully saturated rings. The maximum Gasteiger partial charge on any atom is 0.316 e. The Kier molecular flexibility index (Phi) is 8.19. The molecule has 0 aromatic carbocycles. The molecule has 1 unspecified atom stereocenters. The molecular weight excluding hydrogens is 191 g/mol. The Morgan fingerprint density at radius 1 is 1.46 bits per heavy atom. The molecule has 0 radical (unpaired) electrons. The first-order valence-corrected chi connectivity index (χ1v) is 5.67. The number of carboxylic acid groups (broad SMARTS) is 1. The number of halogens is 1. The van der Waals surface area contributed by atoms with Crippen molar-refractivity contribution in [3.63, 3.8) is 0 Å². The first kappa shape index (κ1) is 12.8. The van der Waals surface area contributed by atoms with Crippen molar-refractivity contribution in [2.45, 2.75) is 37.9 Å². The third-order valence-electron chi connectivity index (χ3n) is 1.74. The van der Waals surface area contributed by atoms with E-state index in [0.29, 0.717) is 12.8 Å². The third-order valence-corrected chi connectivity index (χ3v) is 3.20. The van der Waals surface area contributed by atoms with Crippen LogP contribution >= 0.6 is 11.8 Å². The number of carboxylic acids is 1. The van der Waals surface area contributed by atoms with Crippen LogP contribution in [0.5, 0.6) is 0 Å². The fourth-order valence-electron chi connectivity index (χ4n) is 0.963. The zero-order valence-corrected chi connectivity index (χ0v) is 8.78. The Morgan fingerprint density at radius 3 is 2.62 bits per heavy atom. The molecule has 0 bridgehead atoms. The molecule has 0 aliphatic rings. The van der Waals surface area contributed by atoms with Gasteiger partial charge in [0.25, 0.3) is 0 Å². The predicted octanol–water partition coefficient (Wildman–Crippen LogP) is 2.72. The smallest absolute Gasteiger partial charge is 0.316 e. The van der Waals surface area contributed by atoms with E-state index in [1.807, 2.05) is 6.92 Å². The highest BCUT2D eigenvalue weighted by Crippen LogP contribution is 2.16. The van der Waals surface area contributed by atoms with Gasteiger partial charge in [0.1, 0.15) is 5.25 Å². The minimum atomic E-state index is -0.738. The molecule has 1 N–H and O–H groups in total. The number of hydrogen-bond donors (Lipinski definition) is 1. The van der Waals surface area contributed by atoms with E-state index in [-0.39, 0.29) is 11.9 Å². The summed E-state index contributed by atoms with van der Waals surface area (Å²) >= 11 is 1.46. The molecule has 0 amide bonds. The SMILES string of the molecule is CCC(SCCCCCF)C(=O)O. The zero-order chi connectivity index (χ0) is 10.1. The average Bonchev–Trinajstić information content (AvgIpc) is 2.10. The standard InChI is InChI=1S/C9H17FO2S/c1-2-8(9(11)12)13-7-5-3-4-6-10/h8H,2-7H2,1H3,(H,11,12). The molecule has 2 nitrogen and oxygen atoms in total. The number of thioether (sulfide) groups is 1. The Labute approximate surface area is 82.9 Å². The van der Waals surface area contributed by atoms with Crippen molar-refractivity contribution in [1.29, 1.82) is 0 Å². The van der Waals surface area contributed by atoms with Crippen LogP contribution in [0.25, 0.3) is 0 Å². The van der Waals surface area contributed by atoms with Crippen molar-refractivity contribution >= 4 is 17.7 Å². The number of carbonyl (C=O) groups is 1. The van der Waals surface area contributed by atoms with E-state index in [9.17, 15) is 9.18 Å². The molecule has 0 aromatic heterocycles. The molecule has 13 heavy (non-hydrogen) atoms. The highest BCUT2D eigenvalue weighted by Gasteiger charge is 2.14. The van der Waals surface area contributed by atoms with Crippen LogP contribution in [-0.2, 0) is 4.79 Å². The molecule has 1 atom stereocenters. The maximum atomic E-state index is 11.7. The van der Waals surface area contributed by atoms with Gasteiger partial charge in [-0.05, 0) is 25.0 Å². The molecule has 4 heteroatoms. The van der Waals surface area contributed by atoms with E-state index in [1.54, 1.807) is 0 Å². The quantitative estimate of drug-likeness (QED) is 0.623. The van der Waals surface area contributed by atoms with Gasteiger partial charge in [0.15, 0.2) is 0 Å². The lowest BCUT2D eigenvalue weighted by atomic mass is 10.3. The third kappa shape index (κ3) is 6.87. The van der Waals surface area contributed by atoms with Crippen molar-refractivity contribution in [3.8, 4) is 0 Å². The average molecular weight is 208 g/mol. The van der Waals surface area contributed by atoms with Gasteiger partial charge in [-0.3, -0.25) is 9.18 Å². The van der Waals surface area contributed by atoms with Gasteiger partial charge in [0, 0.05) is 0 Å². The molecule has 0 aliphatic heterocycles. The summed E-state index contributed by atoms with van der Waals surface area (Å²) in [6, 6.07) is 0. The van der Waals surface area contributed by atoms with Crippen LogP contribution in [0.2, 0.25) is 0 Å². The fraction of sp³-hybridized carbons (Fsp3) is 0.889. The molecule has 0 aromatic rings. The largest absolute Gasteiger partial charge is 0.480 e. The lowest BCUT2D eigenvalue weighted by Gasteiger charge is -2.08. The van der Waals surface area contributed by atoms with E-state index in [4.69, 9.17) is 5.11 Å². The van der Waals surface area contributed by atoms with Crippen molar-refractivity contribution in [3.05, 3.63) is 0 Å². The van der Waals surface area contributed by atoms with Gasteiger partial charge in [0.05, 0.1) is 6.67 Å². The molecule has 0 saturated carbocycles. The van der Waals surface area contributed by atoms with Gasteiger partial charge in [-0.15, -0.1) is 11.8 Å². The van der Waals surface area contributed by atoms with Gasteiger partial charge < -0.3 is 5.11 Å². The van der Waals surface area contributed by atoms with E-state index in [0.717, 1.165) is 18.6 Å². The highest BCUT2D eigenvalue weighted by molar-refractivity contribution is 8.00. The van der Waals surface area contributed by atoms with Crippen LogP contribution in [0.3, 0.4) is 0 Å². The first-order valence-electron chi connectivity index (χ1n) is 4.62. The van der Waals surface area contributed by atoms with E-state index < -0.39 is 5.97 Å². The summed E-state index contributed by atoms with van der Waals surface area (Å²) in [7, 11) is 0. The summed E-state index contributed by atoms with van der Waals surface area (Å²) in [4.78, 5) is 10.6. The van der Waals surface area contributed by atoms with Crippen LogP contribution in [0.4, 0.5) is 4.39 Å². The molecule has 0 rings (SSSR count). The monoisotopic (exact) mass is 208 g/mol. The number of aliphatic carboxylic acids is 1. The fourth-order valence-corrected chi connectivity index (χ4v) is 2.00. The summed E-state index contributed by atoms with van der Waals surface area (Å²) in [5.74, 6) is 0.0862. The minimum absolute atomic E-state index is 0.263. The molecular formula is C9H17FO2S. The predicted molar refractivity (Wildman–Crippen MR) is 54.0 cm³/mol. The van der Waals surface area contributed by atoms with Gasteiger partial charge in [-0.25, -0.2) is 0 Å². The molecule has 78 valence electrons. The van der Waals surface area contributed by atoms with Gasteiger partial charge in [-0.2, -0.15) is 0 Å². The van der Waals surface area contributed by atoms with Gasteiger partial charge in [0.2, 0.25) is 0 Å². The summed E-state index contributed by atoms with van der Waals surface area (Å²) in [6.07, 6.45) is 3.03. The van der Waals surface area contributed by atoms with Crippen LogP contribution in [0, 0.1) is 0 Å². The zero-order valence-electron chi connectivity index (χ0n) is 7.96. The van der Waals surface area contributed by atoms with Crippen LogP contribution in [0.15, 0.2) is 0 Å². The number of alkyl halides is 1. The Morgan fingerprint density at radius 2 is 2.15 bits per heavy atom. The maximum absolute atomic E-state index is 11.7. The highest BCUT2D eigenvalue weighted by atomic mass is 32.2. The normalized spacial score (nSPS) is 12.8. The van der Waals surface area contributed by atoms with Crippen LogP contribution < -0.4 is 0 Å². The number of hydrogen-bond acceptors (Lipinski definition) is 2. The van der Waals surface area contributed by atoms with E-state index in [1.165, 1.54) is 11.8 Å². The van der Waals surface area contributed by atoms with Gasteiger partial charge in [-0.1, -0.05) is 13.3 Å². The summed E-state index contributed by atoms with van der Waals surface area (Å²) < 4.78 is 11.7. The number of rotatable bonds is 8. The van der Waals surface area contributed by atoms with Crippen LogP contribution in [-0.4, -0.2) is 28.8 Å². The lowest BCUT2D eigenvalue weighted by Crippen LogP contribution is -2.15. The summed E-state index contributed by atoms with van der Waals surface area (Å²) in [5.41, 5.74) is 0. The second-order valence-corrected chi connectivity index (χ2v) is 4.17. The lowest BCUT2D eigenvalue weighted by molar-refractivity contribution is -0.136. The van der Waals surface area contributed by atoms with Crippen LogP contribution in [0.1, 0.15) is 32.6 Å². The van der Waals surface area contributed by atoms with Crippen molar-refractivity contribution in [2.24, 2.45) is 0 Å². The second-order valence-electron chi connectivity index (χ2n) is 2.86. The van der Waals surface area contributed by atoms with E-state index >= 15 is 0 Å². The topological polar surface area (TPSA) is 37.3 Å². The molecule has 0 heterocycles. The molecule has 0 spiro atoms. The van der Waals surface area contributed by atoms with Gasteiger partial charge >= 0.3 is 5.97 Å². The Hall–Kier alpha value is -0.250. The van der Waals surface area contributed by atoms with Crippen molar-refractivity contribution in [1.82, 2.24) is 0 Å². The summed E-state index contributed by atoms with van der Waals surface area (Å²) in [5, 5.41) is 8.41. The molecule has 0 aliphatic carbocycles. The first-order chi connectivity index (χ1) is 6.22. The second kappa shape index (κ2) is 8.35. The Bertz CT molecular complexity index is 142. The van der Waals surface area contributed by atoms with E-state index in [2.05, 4.69) is 0 Å². The summed E-state index contributed by atoms with van der Waals surface area (Å²) in [6.45, 7) is 1.61. The number of unbranched alkanes of at least 4 members (excludes halogenated alkanes) is 2. The van der Waals surface area contributed by atoms with Crippen molar-refractivity contribution in [2.75, 3.05) is 12.4 Å². The minimum Gasteiger partial charge on any atom is -0.480 e. The molecule has 0 saturated heterocycles. The van der Waals surface area contributed by atoms with Crippen molar-refractivity contribution < 1.29 is 14.3 Å². The Balaban J connectivity index is 3.33.